The van der Waals surface area contributed by atoms with Gasteiger partial charge >= 0.3 is 6.36 Å². The molecule has 25 heavy (non-hydrogen) atoms. The van der Waals surface area contributed by atoms with Crippen molar-refractivity contribution < 1.29 is 17.9 Å². The third-order valence-corrected chi connectivity index (χ3v) is 3.34. The molecule has 2 rings (SSSR count). The molecule has 2 aromatic rings. The Hall–Kier alpha value is -2.48. The number of hydrogen-bond acceptors (Lipinski definition) is 3. The molecule has 2 N–H and O–H groups in total. The molecule has 0 radical (unpaired) electrons. The van der Waals surface area contributed by atoms with E-state index in [0.717, 1.165) is 5.56 Å². The molecule has 1 aromatic heterocycles. The molecule has 0 saturated carbocycles. The fourth-order valence-electron chi connectivity index (χ4n) is 1.97. The van der Waals surface area contributed by atoms with Gasteiger partial charge in [0.05, 0.1) is 0 Å². The largest absolute Gasteiger partial charge is 0.573 e. The van der Waals surface area contributed by atoms with Crippen LogP contribution in [-0.4, -0.2) is 24.4 Å². The first-order valence-electron chi connectivity index (χ1n) is 7.26. The van der Waals surface area contributed by atoms with Gasteiger partial charge < -0.3 is 15.4 Å². The summed E-state index contributed by atoms with van der Waals surface area (Å²) in [5.41, 5.74) is 1.24. The van der Waals surface area contributed by atoms with E-state index in [2.05, 4.69) is 25.3 Å². The summed E-state index contributed by atoms with van der Waals surface area (Å²) in [6.07, 6.45) is -3.12. The zero-order valence-electron chi connectivity index (χ0n) is 13.3. The summed E-state index contributed by atoms with van der Waals surface area (Å²) in [5, 5.41) is 6.37. The van der Waals surface area contributed by atoms with Crippen LogP contribution in [0.4, 0.5) is 13.2 Å². The Morgan fingerprint density at radius 1 is 1.16 bits per heavy atom. The van der Waals surface area contributed by atoms with Gasteiger partial charge in [0.1, 0.15) is 10.9 Å². The average Bonchev–Trinajstić information content (AvgIpc) is 2.56. The van der Waals surface area contributed by atoms with Crippen LogP contribution in [0.25, 0.3) is 0 Å². The first-order chi connectivity index (χ1) is 11.9. The van der Waals surface area contributed by atoms with E-state index < -0.39 is 6.36 Å². The van der Waals surface area contributed by atoms with Gasteiger partial charge in [0.25, 0.3) is 0 Å². The van der Waals surface area contributed by atoms with Crippen molar-refractivity contribution in [2.45, 2.75) is 19.5 Å². The highest BCUT2D eigenvalue weighted by Gasteiger charge is 2.31. The molecule has 1 aromatic carbocycles. The highest BCUT2D eigenvalue weighted by molar-refractivity contribution is 6.29. The molecule has 0 bridgehead atoms. The third kappa shape index (κ3) is 6.50. The van der Waals surface area contributed by atoms with Gasteiger partial charge in [0.15, 0.2) is 5.96 Å². The second-order valence-electron chi connectivity index (χ2n) is 4.92. The predicted molar refractivity (Wildman–Crippen MR) is 89.4 cm³/mol. The van der Waals surface area contributed by atoms with Crippen molar-refractivity contribution in [3.63, 3.8) is 0 Å². The molecular formula is C16H16ClF3N4O. The number of para-hydroxylation sites is 1. The predicted octanol–water partition coefficient (Wildman–Crippen LogP) is 3.50. The number of halogens is 4. The summed E-state index contributed by atoms with van der Waals surface area (Å²) in [6, 6.07) is 9.40. The van der Waals surface area contributed by atoms with E-state index in [0.29, 0.717) is 23.2 Å². The van der Waals surface area contributed by atoms with E-state index in [4.69, 9.17) is 11.6 Å². The van der Waals surface area contributed by atoms with Crippen LogP contribution in [0.1, 0.15) is 11.1 Å². The summed E-state index contributed by atoms with van der Waals surface area (Å²) >= 11 is 5.72. The van der Waals surface area contributed by atoms with Crippen molar-refractivity contribution in [3.05, 3.63) is 58.9 Å². The van der Waals surface area contributed by atoms with Crippen molar-refractivity contribution in [2.24, 2.45) is 4.99 Å². The molecule has 0 spiro atoms. The van der Waals surface area contributed by atoms with Crippen molar-refractivity contribution in [3.8, 4) is 5.75 Å². The van der Waals surface area contributed by atoms with E-state index in [-0.39, 0.29) is 12.3 Å². The molecule has 0 saturated heterocycles. The SMILES string of the molecule is CN=C(NCc1ccc(Cl)nc1)NCc1ccccc1OC(F)(F)F. The summed E-state index contributed by atoms with van der Waals surface area (Å²) in [4.78, 5) is 7.99. The van der Waals surface area contributed by atoms with Gasteiger partial charge in [-0.2, -0.15) is 0 Å². The molecule has 134 valence electrons. The van der Waals surface area contributed by atoms with Gasteiger partial charge in [0.2, 0.25) is 0 Å². The van der Waals surface area contributed by atoms with Crippen LogP contribution in [-0.2, 0) is 13.1 Å². The summed E-state index contributed by atoms with van der Waals surface area (Å²) in [5.74, 6) is 0.177. The first-order valence-corrected chi connectivity index (χ1v) is 7.64. The maximum atomic E-state index is 12.4. The molecule has 0 amide bonds. The number of guanidine groups is 1. The highest BCUT2D eigenvalue weighted by Crippen LogP contribution is 2.26. The van der Waals surface area contributed by atoms with Crippen LogP contribution < -0.4 is 15.4 Å². The van der Waals surface area contributed by atoms with Crippen LogP contribution in [0.5, 0.6) is 5.75 Å². The van der Waals surface area contributed by atoms with E-state index in [1.165, 1.54) is 12.1 Å². The fourth-order valence-corrected chi connectivity index (χ4v) is 2.08. The van der Waals surface area contributed by atoms with Crippen molar-refractivity contribution >= 4 is 17.6 Å². The highest BCUT2D eigenvalue weighted by atomic mass is 35.5. The van der Waals surface area contributed by atoms with Gasteiger partial charge in [0, 0.05) is 31.9 Å². The van der Waals surface area contributed by atoms with E-state index in [1.54, 1.807) is 31.4 Å². The Morgan fingerprint density at radius 3 is 2.52 bits per heavy atom. The number of hydrogen-bond donors (Lipinski definition) is 2. The van der Waals surface area contributed by atoms with Crippen LogP contribution in [0.3, 0.4) is 0 Å². The van der Waals surface area contributed by atoms with Gasteiger partial charge in [-0.25, -0.2) is 4.98 Å². The monoisotopic (exact) mass is 372 g/mol. The smallest absolute Gasteiger partial charge is 0.405 e. The molecule has 0 unspecified atom stereocenters. The lowest BCUT2D eigenvalue weighted by Crippen LogP contribution is -2.36. The molecule has 5 nitrogen and oxygen atoms in total. The first kappa shape index (κ1) is 18.9. The summed E-state index contributed by atoms with van der Waals surface area (Å²) in [6.45, 7) is 0.551. The topological polar surface area (TPSA) is 58.5 Å². The van der Waals surface area contributed by atoms with Crippen LogP contribution in [0, 0.1) is 0 Å². The van der Waals surface area contributed by atoms with Gasteiger partial charge in [-0.15, -0.1) is 13.2 Å². The van der Waals surface area contributed by atoms with E-state index >= 15 is 0 Å². The maximum absolute atomic E-state index is 12.4. The van der Waals surface area contributed by atoms with E-state index in [1.807, 2.05) is 6.07 Å². The zero-order valence-corrected chi connectivity index (χ0v) is 14.0. The average molecular weight is 373 g/mol. The van der Waals surface area contributed by atoms with Crippen LogP contribution in [0.2, 0.25) is 5.15 Å². The number of rotatable bonds is 5. The Balaban J connectivity index is 1.93. The minimum absolute atomic E-state index is 0.116. The molecule has 0 aliphatic rings. The number of nitrogens with one attached hydrogen (secondary N) is 2. The van der Waals surface area contributed by atoms with E-state index in [9.17, 15) is 13.2 Å². The fraction of sp³-hybridized carbons (Fsp3) is 0.250. The molecule has 0 aliphatic heterocycles. The number of nitrogens with zero attached hydrogens (tertiary/aromatic N) is 2. The summed E-state index contributed by atoms with van der Waals surface area (Å²) in [7, 11) is 1.56. The van der Waals surface area contributed by atoms with Crippen molar-refractivity contribution in [1.29, 1.82) is 0 Å². The Bertz CT molecular complexity index is 720. The van der Waals surface area contributed by atoms with Crippen molar-refractivity contribution in [2.75, 3.05) is 7.05 Å². The molecular weight excluding hydrogens is 357 g/mol. The zero-order chi connectivity index (χ0) is 18.3. The minimum atomic E-state index is -4.74. The number of pyridine rings is 1. The lowest BCUT2D eigenvalue weighted by atomic mass is 10.2. The Kier molecular flexibility index (Phi) is 6.46. The number of alkyl halides is 3. The van der Waals surface area contributed by atoms with Gasteiger partial charge in [-0.1, -0.05) is 35.9 Å². The maximum Gasteiger partial charge on any atom is 0.573 e. The molecule has 0 aliphatic carbocycles. The minimum Gasteiger partial charge on any atom is -0.405 e. The third-order valence-electron chi connectivity index (χ3n) is 3.12. The normalized spacial score (nSPS) is 12.0. The number of benzene rings is 1. The standard InChI is InChI=1S/C16H16ClF3N4O/c1-21-15(23-9-11-6-7-14(17)22-8-11)24-10-12-4-2-3-5-13(12)25-16(18,19)20/h2-8H,9-10H2,1H3,(H2,21,23,24). The summed E-state index contributed by atoms with van der Waals surface area (Å²) < 4.78 is 41.3. The molecule has 1 heterocycles. The number of ether oxygens (including phenoxy) is 1. The van der Waals surface area contributed by atoms with Gasteiger partial charge in [-0.05, 0) is 17.7 Å². The quantitative estimate of drug-likeness (QED) is 0.479. The molecule has 9 heteroatoms. The van der Waals surface area contributed by atoms with Crippen molar-refractivity contribution in [1.82, 2.24) is 15.6 Å². The van der Waals surface area contributed by atoms with Crippen LogP contribution >= 0.6 is 11.6 Å². The number of aliphatic imine (C=N–C) groups is 1. The number of aromatic nitrogens is 1. The Labute approximate surface area is 147 Å². The Morgan fingerprint density at radius 2 is 1.88 bits per heavy atom. The second kappa shape index (κ2) is 8.57. The van der Waals surface area contributed by atoms with Gasteiger partial charge in [-0.3, -0.25) is 4.99 Å². The lowest BCUT2D eigenvalue weighted by Gasteiger charge is -2.15. The lowest BCUT2D eigenvalue weighted by molar-refractivity contribution is -0.274. The second-order valence-corrected chi connectivity index (χ2v) is 5.31. The molecule has 0 atom stereocenters. The molecule has 0 fully saturated rings. The van der Waals surface area contributed by atoms with Crippen LogP contribution in [0.15, 0.2) is 47.6 Å².